The fourth-order valence-electron chi connectivity index (χ4n) is 2.44. The van der Waals surface area contributed by atoms with Gasteiger partial charge in [0.25, 0.3) is 0 Å². The lowest BCUT2D eigenvalue weighted by atomic mass is 10.0. The average molecular weight is 287 g/mol. The minimum absolute atomic E-state index is 0.657. The first kappa shape index (κ1) is 14.1. The Balaban J connectivity index is 1.81. The molecule has 0 bridgehead atoms. The monoisotopic (exact) mass is 286 g/mol. The Bertz CT molecular complexity index is 395. The van der Waals surface area contributed by atoms with Crippen molar-refractivity contribution in [3.8, 4) is 0 Å². The molecule has 1 aliphatic heterocycles. The lowest BCUT2D eigenvalue weighted by Gasteiger charge is -2.32. The molecule has 1 atom stereocenters. The molecule has 1 saturated heterocycles. The van der Waals surface area contributed by atoms with Crippen LogP contribution in [0.1, 0.15) is 24.8 Å². The standard InChI is InChI=1S/C14H20Cl2N2/c1-18-7-3-2-4-13(18)10-17-9-11-5-6-12(15)8-14(11)16/h5-6,8,13,17H,2-4,7,9-10H2,1H3. The van der Waals surface area contributed by atoms with Crippen LogP contribution in [0, 0.1) is 0 Å². The summed E-state index contributed by atoms with van der Waals surface area (Å²) in [4.78, 5) is 2.44. The molecule has 1 heterocycles. The molecule has 2 rings (SSSR count). The molecule has 100 valence electrons. The lowest BCUT2D eigenvalue weighted by molar-refractivity contribution is 0.181. The van der Waals surface area contributed by atoms with Gasteiger partial charge in [-0.2, -0.15) is 0 Å². The molecule has 1 N–H and O–H groups in total. The second-order valence-corrected chi connectivity index (χ2v) is 5.84. The Labute approximate surface area is 119 Å². The smallest absolute Gasteiger partial charge is 0.0465 e. The molecule has 1 fully saturated rings. The van der Waals surface area contributed by atoms with Gasteiger partial charge in [-0.25, -0.2) is 0 Å². The maximum absolute atomic E-state index is 6.14. The summed E-state index contributed by atoms with van der Waals surface area (Å²) in [6, 6.07) is 6.33. The molecule has 1 aliphatic rings. The number of benzene rings is 1. The highest BCUT2D eigenvalue weighted by Crippen LogP contribution is 2.21. The van der Waals surface area contributed by atoms with Crippen molar-refractivity contribution < 1.29 is 0 Å². The van der Waals surface area contributed by atoms with Gasteiger partial charge in [0.1, 0.15) is 0 Å². The van der Waals surface area contributed by atoms with E-state index < -0.39 is 0 Å². The molecule has 2 nitrogen and oxygen atoms in total. The molecule has 0 aliphatic carbocycles. The van der Waals surface area contributed by atoms with E-state index in [2.05, 4.69) is 17.3 Å². The minimum atomic E-state index is 0.657. The highest BCUT2D eigenvalue weighted by atomic mass is 35.5. The van der Waals surface area contributed by atoms with E-state index in [9.17, 15) is 0 Å². The molecule has 0 saturated carbocycles. The molecule has 1 aromatic rings. The zero-order valence-electron chi connectivity index (χ0n) is 10.8. The third kappa shape index (κ3) is 3.86. The number of likely N-dealkylation sites (tertiary alicyclic amines) is 1. The number of piperidine rings is 1. The molecule has 0 spiro atoms. The fraction of sp³-hybridized carbons (Fsp3) is 0.571. The van der Waals surface area contributed by atoms with E-state index in [0.29, 0.717) is 11.1 Å². The second kappa shape index (κ2) is 6.76. The van der Waals surface area contributed by atoms with Crippen molar-refractivity contribution in [2.75, 3.05) is 20.1 Å². The molecular weight excluding hydrogens is 267 g/mol. The minimum Gasteiger partial charge on any atom is -0.311 e. The normalized spacial score (nSPS) is 21.2. The average Bonchev–Trinajstić information content (AvgIpc) is 2.34. The van der Waals surface area contributed by atoms with Gasteiger partial charge in [0.05, 0.1) is 0 Å². The van der Waals surface area contributed by atoms with Crippen LogP contribution in [0.25, 0.3) is 0 Å². The molecule has 0 aromatic heterocycles. The van der Waals surface area contributed by atoms with Crippen LogP contribution in [0.5, 0.6) is 0 Å². The largest absolute Gasteiger partial charge is 0.311 e. The van der Waals surface area contributed by atoms with Crippen molar-refractivity contribution in [1.29, 1.82) is 0 Å². The Hall–Kier alpha value is -0.280. The predicted octanol–water partition coefficient (Wildman–Crippen LogP) is 3.57. The van der Waals surface area contributed by atoms with E-state index in [1.165, 1.54) is 25.8 Å². The number of rotatable bonds is 4. The Morgan fingerprint density at radius 3 is 2.89 bits per heavy atom. The van der Waals surface area contributed by atoms with E-state index in [-0.39, 0.29) is 0 Å². The topological polar surface area (TPSA) is 15.3 Å². The number of likely N-dealkylation sites (N-methyl/N-ethyl adjacent to an activating group) is 1. The number of hydrogen-bond donors (Lipinski definition) is 1. The molecule has 0 radical (unpaired) electrons. The summed E-state index contributed by atoms with van der Waals surface area (Å²) >= 11 is 12.0. The summed E-state index contributed by atoms with van der Waals surface area (Å²) in [5.41, 5.74) is 1.11. The van der Waals surface area contributed by atoms with Gasteiger partial charge in [-0.05, 0) is 44.1 Å². The van der Waals surface area contributed by atoms with Crippen molar-refractivity contribution in [1.82, 2.24) is 10.2 Å². The van der Waals surface area contributed by atoms with Gasteiger partial charge in [-0.3, -0.25) is 0 Å². The van der Waals surface area contributed by atoms with Crippen LogP contribution in [-0.2, 0) is 6.54 Å². The quantitative estimate of drug-likeness (QED) is 0.910. The first-order valence-corrected chi connectivity index (χ1v) is 7.27. The van der Waals surface area contributed by atoms with E-state index in [1.807, 2.05) is 12.1 Å². The molecule has 1 unspecified atom stereocenters. The van der Waals surface area contributed by atoms with Crippen molar-refractivity contribution in [2.24, 2.45) is 0 Å². The predicted molar refractivity (Wildman–Crippen MR) is 78.4 cm³/mol. The van der Waals surface area contributed by atoms with Gasteiger partial charge < -0.3 is 10.2 Å². The highest BCUT2D eigenvalue weighted by Gasteiger charge is 2.18. The zero-order chi connectivity index (χ0) is 13.0. The second-order valence-electron chi connectivity index (χ2n) is 5.00. The third-order valence-electron chi connectivity index (χ3n) is 3.63. The van der Waals surface area contributed by atoms with Gasteiger partial charge in [0, 0.05) is 29.2 Å². The van der Waals surface area contributed by atoms with E-state index in [4.69, 9.17) is 23.2 Å². The Morgan fingerprint density at radius 2 is 2.17 bits per heavy atom. The van der Waals surface area contributed by atoms with Crippen LogP contribution in [0.4, 0.5) is 0 Å². The van der Waals surface area contributed by atoms with Crippen molar-refractivity contribution in [2.45, 2.75) is 31.8 Å². The first-order valence-electron chi connectivity index (χ1n) is 6.51. The highest BCUT2D eigenvalue weighted by molar-refractivity contribution is 6.35. The van der Waals surface area contributed by atoms with Crippen molar-refractivity contribution >= 4 is 23.2 Å². The number of nitrogens with one attached hydrogen (secondary N) is 1. The van der Waals surface area contributed by atoms with E-state index in [1.54, 1.807) is 6.07 Å². The first-order chi connectivity index (χ1) is 8.66. The summed E-state index contributed by atoms with van der Waals surface area (Å²) in [5.74, 6) is 0. The Morgan fingerprint density at radius 1 is 1.33 bits per heavy atom. The molecule has 18 heavy (non-hydrogen) atoms. The van der Waals surface area contributed by atoms with Crippen LogP contribution in [0.3, 0.4) is 0 Å². The molecule has 4 heteroatoms. The molecule has 0 amide bonds. The van der Waals surface area contributed by atoms with Gasteiger partial charge in [-0.1, -0.05) is 35.7 Å². The van der Waals surface area contributed by atoms with E-state index in [0.717, 1.165) is 23.7 Å². The summed E-state index contributed by atoms with van der Waals surface area (Å²) in [7, 11) is 2.21. The number of hydrogen-bond acceptors (Lipinski definition) is 2. The van der Waals surface area contributed by atoms with E-state index >= 15 is 0 Å². The number of nitrogens with zero attached hydrogens (tertiary/aromatic N) is 1. The summed E-state index contributed by atoms with van der Waals surface area (Å²) in [6.07, 6.45) is 3.96. The van der Waals surface area contributed by atoms with Gasteiger partial charge in [0.15, 0.2) is 0 Å². The van der Waals surface area contributed by atoms with Gasteiger partial charge in [-0.15, -0.1) is 0 Å². The fourth-order valence-corrected chi connectivity index (χ4v) is 2.92. The number of halogens is 2. The maximum atomic E-state index is 6.14. The maximum Gasteiger partial charge on any atom is 0.0465 e. The van der Waals surface area contributed by atoms with Gasteiger partial charge in [0.2, 0.25) is 0 Å². The van der Waals surface area contributed by atoms with Crippen LogP contribution < -0.4 is 5.32 Å². The van der Waals surface area contributed by atoms with Crippen LogP contribution in [-0.4, -0.2) is 31.1 Å². The van der Waals surface area contributed by atoms with Crippen LogP contribution in [0.2, 0.25) is 10.0 Å². The van der Waals surface area contributed by atoms with Crippen LogP contribution in [0.15, 0.2) is 18.2 Å². The van der Waals surface area contributed by atoms with Crippen molar-refractivity contribution in [3.05, 3.63) is 33.8 Å². The summed E-state index contributed by atoms with van der Waals surface area (Å²) in [5, 5.41) is 4.93. The zero-order valence-corrected chi connectivity index (χ0v) is 12.3. The van der Waals surface area contributed by atoms with Crippen molar-refractivity contribution in [3.63, 3.8) is 0 Å². The SMILES string of the molecule is CN1CCCCC1CNCc1ccc(Cl)cc1Cl. The van der Waals surface area contributed by atoms with Crippen LogP contribution >= 0.6 is 23.2 Å². The third-order valence-corrected chi connectivity index (χ3v) is 4.22. The summed E-state index contributed by atoms with van der Waals surface area (Å²) < 4.78 is 0. The molecule has 1 aromatic carbocycles. The Kier molecular flexibility index (Phi) is 5.31. The molecular formula is C14H20Cl2N2. The van der Waals surface area contributed by atoms with Gasteiger partial charge >= 0.3 is 0 Å². The summed E-state index contributed by atoms with van der Waals surface area (Å²) in [6.45, 7) is 3.05. The lowest BCUT2D eigenvalue weighted by Crippen LogP contribution is -2.42.